The van der Waals surface area contributed by atoms with Crippen molar-refractivity contribution >= 4 is 30.8 Å². The zero-order chi connectivity index (χ0) is 21.8. The highest BCUT2D eigenvalue weighted by Crippen LogP contribution is 2.39. The van der Waals surface area contributed by atoms with Crippen LogP contribution in [0.2, 0.25) is 5.02 Å². The summed E-state index contributed by atoms with van der Waals surface area (Å²) >= 11 is 5.88. The van der Waals surface area contributed by atoms with Crippen molar-refractivity contribution < 1.29 is 27.4 Å². The number of anilines is 1. The molecule has 0 fully saturated rings. The van der Waals surface area contributed by atoms with Gasteiger partial charge in [0.1, 0.15) is 17.2 Å². The van der Waals surface area contributed by atoms with E-state index < -0.39 is 24.5 Å². The summed E-state index contributed by atoms with van der Waals surface area (Å²) in [6.07, 6.45) is -4.25. The van der Waals surface area contributed by atoms with Gasteiger partial charge < -0.3 is 9.64 Å². The summed E-state index contributed by atoms with van der Waals surface area (Å²) in [6, 6.07) is 6.47. The maximum atomic E-state index is 12.8. The zero-order valence-electron chi connectivity index (χ0n) is 15.4. The first-order valence-electron chi connectivity index (χ1n) is 8.13. The summed E-state index contributed by atoms with van der Waals surface area (Å²) in [5.41, 5.74) is -1.01. The first-order chi connectivity index (χ1) is 13.5. The number of ether oxygens (including phenoxy) is 1. The molecule has 0 bridgehead atoms. The molecule has 1 atom stereocenters. The van der Waals surface area contributed by atoms with Crippen LogP contribution in [0, 0.1) is 10.1 Å². The third-order valence-electron chi connectivity index (χ3n) is 3.75. The summed E-state index contributed by atoms with van der Waals surface area (Å²) in [5.74, 6) is 0.0892. The predicted octanol–water partition coefficient (Wildman–Crippen LogP) is 5.46. The molecule has 0 amide bonds. The zero-order valence-corrected chi connectivity index (χ0v) is 17.0. The number of rotatable bonds is 8. The van der Waals surface area contributed by atoms with Gasteiger partial charge in [-0.2, -0.15) is 13.2 Å². The van der Waals surface area contributed by atoms with E-state index in [9.17, 15) is 27.9 Å². The fraction of sp³-hybridized carbons (Fsp3) is 0.294. The highest BCUT2D eigenvalue weighted by Gasteiger charge is 2.31. The van der Waals surface area contributed by atoms with Crippen molar-refractivity contribution in [3.8, 4) is 11.5 Å². The molecule has 0 heterocycles. The Kier molecular flexibility index (Phi) is 7.40. The Morgan fingerprint density at radius 1 is 1.28 bits per heavy atom. The number of nitrogens with one attached hydrogen (secondary N) is 1. The average Bonchev–Trinajstić information content (AvgIpc) is 2.62. The number of nitro benzene ring substituents is 1. The maximum absolute atomic E-state index is 12.8. The van der Waals surface area contributed by atoms with Gasteiger partial charge in [-0.3, -0.25) is 15.4 Å². The molecule has 7 nitrogen and oxygen atoms in total. The minimum atomic E-state index is -4.55. The summed E-state index contributed by atoms with van der Waals surface area (Å²) < 4.78 is 55.7. The lowest BCUT2D eigenvalue weighted by molar-refractivity contribution is -0.384. The number of nitro groups is 1. The van der Waals surface area contributed by atoms with Gasteiger partial charge in [-0.1, -0.05) is 16.2 Å². The number of hydrogen-bond acceptors (Lipinski definition) is 6. The molecule has 0 saturated heterocycles. The van der Waals surface area contributed by atoms with Crippen molar-refractivity contribution in [2.24, 2.45) is 0 Å². The second kappa shape index (κ2) is 9.39. The molecular formula is C17H17ClF3N3O4P+. The second-order valence-corrected chi connectivity index (χ2v) is 7.96. The molecule has 0 saturated carbocycles. The normalized spacial score (nSPS) is 11.9. The summed E-state index contributed by atoms with van der Waals surface area (Å²) in [4.78, 5) is 12.2. The van der Waals surface area contributed by atoms with Gasteiger partial charge in [-0.25, -0.2) is 0 Å². The Hall–Kier alpha value is -2.42. The van der Waals surface area contributed by atoms with Crippen molar-refractivity contribution in [3.63, 3.8) is 0 Å². The SMILES string of the molecule is CNC[P+](=O)CN(C)c1cc(Oc2ccc(C(F)(F)F)cc2Cl)ccc1[N+](=O)[O-]. The fourth-order valence-electron chi connectivity index (χ4n) is 2.45. The van der Waals surface area contributed by atoms with Crippen LogP contribution in [0.5, 0.6) is 11.5 Å². The van der Waals surface area contributed by atoms with Gasteiger partial charge in [0.25, 0.3) is 5.69 Å². The van der Waals surface area contributed by atoms with E-state index in [4.69, 9.17) is 16.3 Å². The Morgan fingerprint density at radius 2 is 1.97 bits per heavy atom. The van der Waals surface area contributed by atoms with E-state index in [0.717, 1.165) is 18.2 Å². The van der Waals surface area contributed by atoms with E-state index in [2.05, 4.69) is 5.32 Å². The molecule has 2 aromatic carbocycles. The molecule has 0 aliphatic rings. The van der Waals surface area contributed by atoms with Crippen LogP contribution in [0.15, 0.2) is 36.4 Å². The van der Waals surface area contributed by atoms with Gasteiger partial charge in [0.2, 0.25) is 6.29 Å². The topological polar surface area (TPSA) is 84.7 Å². The van der Waals surface area contributed by atoms with E-state index in [1.54, 1.807) is 14.1 Å². The molecule has 29 heavy (non-hydrogen) atoms. The van der Waals surface area contributed by atoms with Crippen molar-refractivity contribution in [2.75, 3.05) is 31.6 Å². The standard InChI is InChI=1S/C17H17ClF3N3O4P/c1-22-9-29(27)10-23(2)15-8-12(4-5-14(15)24(25)26)28-16-6-3-11(7-13(16)18)17(19,20)21/h3-8,22H,9-10H2,1-2H3/q+1. The lowest BCUT2D eigenvalue weighted by Crippen LogP contribution is -2.19. The second-order valence-electron chi connectivity index (χ2n) is 5.99. The molecule has 156 valence electrons. The van der Waals surface area contributed by atoms with E-state index in [1.165, 1.54) is 23.1 Å². The largest absolute Gasteiger partial charge is 0.456 e. The third kappa shape index (κ3) is 6.03. The molecule has 0 radical (unpaired) electrons. The third-order valence-corrected chi connectivity index (χ3v) is 5.45. The molecular weight excluding hydrogens is 434 g/mol. The van der Waals surface area contributed by atoms with Crippen molar-refractivity contribution in [1.82, 2.24) is 5.32 Å². The van der Waals surface area contributed by atoms with Gasteiger partial charge in [0.05, 0.1) is 15.5 Å². The lowest BCUT2D eigenvalue weighted by Gasteiger charge is -2.16. The molecule has 0 aromatic heterocycles. The predicted molar refractivity (Wildman–Crippen MR) is 104 cm³/mol. The molecule has 0 aliphatic carbocycles. The van der Waals surface area contributed by atoms with Crippen LogP contribution in [0.3, 0.4) is 0 Å². The summed E-state index contributed by atoms with van der Waals surface area (Å²) in [5, 5.41) is 13.8. The number of nitrogens with zero attached hydrogens (tertiary/aromatic N) is 2. The molecule has 1 unspecified atom stereocenters. The van der Waals surface area contributed by atoms with Gasteiger partial charge in [0, 0.05) is 19.2 Å². The van der Waals surface area contributed by atoms with E-state index in [1.807, 2.05) is 0 Å². The molecule has 2 rings (SSSR count). The van der Waals surface area contributed by atoms with Crippen LogP contribution in [-0.4, -0.2) is 31.6 Å². The van der Waals surface area contributed by atoms with Crippen LogP contribution < -0.4 is 15.0 Å². The molecule has 12 heteroatoms. The molecule has 0 aliphatic heterocycles. The van der Waals surface area contributed by atoms with E-state index in [0.29, 0.717) is 0 Å². The first kappa shape index (κ1) is 22.9. The van der Waals surface area contributed by atoms with Crippen LogP contribution >= 0.6 is 19.4 Å². The van der Waals surface area contributed by atoms with Crippen molar-refractivity contribution in [2.45, 2.75) is 6.18 Å². The lowest BCUT2D eigenvalue weighted by atomic mass is 10.2. The Labute approximate surface area is 170 Å². The van der Waals surface area contributed by atoms with Crippen molar-refractivity contribution in [1.29, 1.82) is 0 Å². The van der Waals surface area contributed by atoms with Crippen LogP contribution in [0.25, 0.3) is 0 Å². The Bertz CT molecular complexity index is 927. The maximum Gasteiger partial charge on any atom is 0.416 e. The number of hydrogen-bond donors (Lipinski definition) is 1. The summed E-state index contributed by atoms with van der Waals surface area (Å²) in [6.45, 7) is 0. The quantitative estimate of drug-likeness (QED) is 0.327. The van der Waals surface area contributed by atoms with Crippen molar-refractivity contribution in [3.05, 3.63) is 57.1 Å². The highest BCUT2D eigenvalue weighted by atomic mass is 35.5. The van der Waals surface area contributed by atoms with Gasteiger partial charge in [-0.15, -0.1) is 0 Å². The number of halogens is 4. The van der Waals surface area contributed by atoms with Gasteiger partial charge in [-0.05, 0) is 31.3 Å². The smallest absolute Gasteiger partial charge is 0.416 e. The monoisotopic (exact) mass is 450 g/mol. The molecule has 2 aromatic rings. The Balaban J connectivity index is 2.33. The minimum absolute atomic E-state index is 0.0385. The first-order valence-corrected chi connectivity index (χ1v) is 10.1. The van der Waals surface area contributed by atoms with Crippen LogP contribution in [0.1, 0.15) is 5.56 Å². The summed E-state index contributed by atoms with van der Waals surface area (Å²) in [7, 11) is 1.50. The van der Waals surface area contributed by atoms with E-state index in [-0.39, 0.29) is 40.5 Å². The Morgan fingerprint density at radius 3 is 2.52 bits per heavy atom. The molecule has 0 spiro atoms. The minimum Gasteiger partial charge on any atom is -0.456 e. The molecule has 1 N–H and O–H groups in total. The average molecular weight is 451 g/mol. The fourth-order valence-corrected chi connectivity index (χ4v) is 3.75. The van der Waals surface area contributed by atoms with Gasteiger partial charge in [0.15, 0.2) is 6.29 Å². The van der Waals surface area contributed by atoms with Crippen LogP contribution in [-0.2, 0) is 10.7 Å². The van der Waals surface area contributed by atoms with Gasteiger partial charge >= 0.3 is 14.0 Å². The highest BCUT2D eigenvalue weighted by molar-refractivity contribution is 7.44. The number of alkyl halides is 3. The van der Waals surface area contributed by atoms with E-state index >= 15 is 0 Å². The van der Waals surface area contributed by atoms with Crippen LogP contribution in [0.4, 0.5) is 24.5 Å². The number of benzene rings is 2.